The molecule has 148 valence electrons. The first-order valence-electron chi connectivity index (χ1n) is 8.52. The molecule has 4 bridgehead atoms. The van der Waals surface area contributed by atoms with Crippen LogP contribution < -0.4 is 0 Å². The van der Waals surface area contributed by atoms with Gasteiger partial charge in [-0.15, -0.1) is 0 Å². The molecule has 4 aliphatic carbocycles. The number of carbonyl (C=O) groups excluding carboxylic acids is 2. The lowest BCUT2D eigenvalue weighted by Gasteiger charge is -2.61. The van der Waals surface area contributed by atoms with E-state index in [0.29, 0.717) is 31.1 Å². The molecule has 1 N–H and O–H groups in total. The normalized spacial score (nSPS) is 36.0. The maximum atomic E-state index is 13.4. The molecule has 4 fully saturated rings. The second-order valence-electron chi connectivity index (χ2n) is 8.31. The average molecular weight is 396 g/mol. The molecule has 0 amide bonds. The second kappa shape index (κ2) is 6.12. The second-order valence-corrected chi connectivity index (χ2v) is 9.77. The molecule has 4 aliphatic rings. The minimum atomic E-state index is -5.88. The Balaban J connectivity index is 1.72. The van der Waals surface area contributed by atoms with Gasteiger partial charge in [-0.2, -0.15) is 17.2 Å². The van der Waals surface area contributed by atoms with Crippen LogP contribution in [0.15, 0.2) is 0 Å². The highest BCUT2D eigenvalue weighted by molar-refractivity contribution is 7.87. The summed E-state index contributed by atoms with van der Waals surface area (Å²) in [7, 11) is -5.88. The maximum absolute atomic E-state index is 13.4. The summed E-state index contributed by atoms with van der Waals surface area (Å²) in [6.07, 6.45) is 4.76. The lowest BCUT2D eigenvalue weighted by atomic mass is 9.44. The molecule has 0 aliphatic heterocycles. The highest BCUT2D eigenvalue weighted by Crippen LogP contribution is 2.65. The van der Waals surface area contributed by atoms with E-state index in [1.54, 1.807) is 0 Å². The molecular formula is C16H22F2O7S. The van der Waals surface area contributed by atoms with Crippen molar-refractivity contribution < 1.29 is 40.8 Å². The Labute approximate surface area is 150 Å². The first-order valence-corrected chi connectivity index (χ1v) is 9.96. The molecule has 26 heavy (non-hydrogen) atoms. The number of rotatable bonds is 6. The highest BCUT2D eigenvalue weighted by Gasteiger charge is 2.60. The van der Waals surface area contributed by atoms with E-state index in [9.17, 15) is 26.8 Å². The summed E-state index contributed by atoms with van der Waals surface area (Å²) >= 11 is 0. The van der Waals surface area contributed by atoms with E-state index in [0.717, 1.165) is 19.3 Å². The van der Waals surface area contributed by atoms with E-state index in [2.05, 4.69) is 4.74 Å². The summed E-state index contributed by atoms with van der Waals surface area (Å²) in [5.74, 6) is -1.96. The van der Waals surface area contributed by atoms with Crippen molar-refractivity contribution in [1.82, 2.24) is 0 Å². The van der Waals surface area contributed by atoms with Crippen molar-refractivity contribution in [2.45, 2.75) is 50.7 Å². The molecule has 7 nitrogen and oxygen atoms in total. The van der Waals surface area contributed by atoms with Crippen molar-refractivity contribution in [1.29, 1.82) is 0 Å². The fourth-order valence-electron chi connectivity index (χ4n) is 5.65. The van der Waals surface area contributed by atoms with Gasteiger partial charge < -0.3 is 9.47 Å². The summed E-state index contributed by atoms with van der Waals surface area (Å²) in [5, 5.41) is -4.98. The molecule has 0 aromatic heterocycles. The van der Waals surface area contributed by atoms with Gasteiger partial charge in [-0.3, -0.25) is 9.35 Å². The van der Waals surface area contributed by atoms with Gasteiger partial charge >= 0.3 is 27.3 Å². The first kappa shape index (κ1) is 19.5. The van der Waals surface area contributed by atoms with E-state index in [1.165, 1.54) is 6.92 Å². The lowest BCUT2D eigenvalue weighted by molar-refractivity contribution is -0.185. The molecule has 0 aromatic carbocycles. The van der Waals surface area contributed by atoms with Gasteiger partial charge in [0.25, 0.3) is 0 Å². The van der Waals surface area contributed by atoms with E-state index >= 15 is 0 Å². The van der Waals surface area contributed by atoms with Crippen LogP contribution in [0.2, 0.25) is 0 Å². The van der Waals surface area contributed by atoms with Gasteiger partial charge in [0.15, 0.2) is 0 Å². The van der Waals surface area contributed by atoms with Crippen molar-refractivity contribution >= 4 is 22.1 Å². The third-order valence-corrected chi connectivity index (χ3v) is 6.77. The van der Waals surface area contributed by atoms with Crippen molar-refractivity contribution in [2.75, 3.05) is 13.2 Å². The molecular weight excluding hydrogens is 374 g/mol. The summed E-state index contributed by atoms with van der Waals surface area (Å²) in [6, 6.07) is 0. The topological polar surface area (TPSA) is 107 Å². The van der Waals surface area contributed by atoms with Crippen LogP contribution >= 0.6 is 0 Å². The molecule has 4 rings (SSSR count). The largest absolute Gasteiger partial charge is 0.465 e. The van der Waals surface area contributed by atoms with Crippen molar-refractivity contribution in [3.8, 4) is 0 Å². The summed E-state index contributed by atoms with van der Waals surface area (Å²) in [4.78, 5) is 22.7. The van der Waals surface area contributed by atoms with Crippen LogP contribution in [0.1, 0.15) is 45.4 Å². The van der Waals surface area contributed by atoms with Gasteiger partial charge in [0, 0.05) is 17.8 Å². The van der Waals surface area contributed by atoms with Crippen LogP contribution in [0.3, 0.4) is 0 Å². The zero-order valence-electron chi connectivity index (χ0n) is 14.4. The minimum absolute atomic E-state index is 0.242. The number of hydrogen-bond acceptors (Lipinski definition) is 6. The maximum Gasteiger partial charge on any atom is 0.465 e. The van der Waals surface area contributed by atoms with Crippen molar-refractivity contribution in [2.24, 2.45) is 22.7 Å². The molecule has 0 aromatic rings. The zero-order valence-corrected chi connectivity index (χ0v) is 15.2. The van der Waals surface area contributed by atoms with Crippen molar-refractivity contribution in [3.05, 3.63) is 0 Å². The Hall–Kier alpha value is -1.29. The number of ether oxygens (including phenoxy) is 2. The molecule has 2 atom stereocenters. The van der Waals surface area contributed by atoms with Crippen LogP contribution in [-0.4, -0.2) is 43.4 Å². The molecule has 0 radical (unpaired) electrons. The first-order chi connectivity index (χ1) is 11.9. The molecule has 0 heterocycles. The Kier molecular flexibility index (Phi) is 4.58. The van der Waals surface area contributed by atoms with Crippen LogP contribution in [0.4, 0.5) is 8.78 Å². The molecule has 4 saturated carbocycles. The van der Waals surface area contributed by atoms with Gasteiger partial charge in [-0.1, -0.05) is 0 Å². The number of alkyl halides is 2. The Morgan fingerprint density at radius 1 is 1.08 bits per heavy atom. The summed E-state index contributed by atoms with van der Waals surface area (Å²) in [6.45, 7) is 1.26. The van der Waals surface area contributed by atoms with Gasteiger partial charge in [0.2, 0.25) is 0 Å². The lowest BCUT2D eigenvalue weighted by Crippen LogP contribution is -2.55. The summed E-state index contributed by atoms with van der Waals surface area (Å²) in [5.41, 5.74) is -0.761. The minimum Gasteiger partial charge on any atom is -0.465 e. The van der Waals surface area contributed by atoms with Crippen molar-refractivity contribution in [3.63, 3.8) is 0 Å². The Morgan fingerprint density at radius 2 is 1.54 bits per heavy atom. The van der Waals surface area contributed by atoms with E-state index in [-0.39, 0.29) is 24.6 Å². The third kappa shape index (κ3) is 3.45. The van der Waals surface area contributed by atoms with Crippen LogP contribution in [0.5, 0.6) is 0 Å². The summed E-state index contributed by atoms with van der Waals surface area (Å²) < 4.78 is 66.5. The predicted octanol–water partition coefficient (Wildman–Crippen LogP) is 2.16. The Morgan fingerprint density at radius 3 is 1.96 bits per heavy atom. The smallest absolute Gasteiger partial charge is 0.465 e. The van der Waals surface area contributed by atoms with Crippen LogP contribution in [0.25, 0.3) is 0 Å². The SMILES string of the molecule is CC(=O)OCC12CC3CC(C1)CC(COC(=O)C(F)(F)S(=O)(=O)O)(C3)C2. The molecule has 2 unspecified atom stereocenters. The van der Waals surface area contributed by atoms with Gasteiger partial charge in [-0.05, 0) is 50.4 Å². The predicted molar refractivity (Wildman–Crippen MR) is 83.6 cm³/mol. The number of hydrogen-bond donors (Lipinski definition) is 1. The van der Waals surface area contributed by atoms with Crippen LogP contribution in [0, 0.1) is 22.7 Å². The van der Waals surface area contributed by atoms with E-state index in [4.69, 9.17) is 9.29 Å². The standard InChI is InChI=1S/C16H22F2O7S/c1-10(19)24-8-14-3-11-2-12(4-14)6-15(5-11,7-14)9-25-13(20)16(17,18)26(21,22)23/h11-12H,2-9H2,1H3,(H,21,22,23). The van der Waals surface area contributed by atoms with Gasteiger partial charge in [-0.25, -0.2) is 4.79 Å². The fraction of sp³-hybridized carbons (Fsp3) is 0.875. The highest BCUT2D eigenvalue weighted by atomic mass is 32.2. The van der Waals surface area contributed by atoms with E-state index < -0.39 is 26.8 Å². The molecule has 0 saturated heterocycles. The number of halogens is 2. The average Bonchev–Trinajstić information content (AvgIpc) is 2.48. The van der Waals surface area contributed by atoms with Crippen LogP contribution in [-0.2, 0) is 29.2 Å². The number of carbonyl (C=O) groups is 2. The number of esters is 2. The fourth-order valence-corrected chi connectivity index (χ4v) is 5.92. The quantitative estimate of drug-likeness (QED) is 0.541. The monoisotopic (exact) mass is 396 g/mol. The van der Waals surface area contributed by atoms with Gasteiger partial charge in [0.1, 0.15) is 0 Å². The zero-order chi connectivity index (χ0) is 19.4. The third-order valence-electron chi connectivity index (χ3n) is 5.96. The Bertz CT molecular complexity index is 704. The molecule has 10 heteroatoms. The van der Waals surface area contributed by atoms with E-state index in [1.807, 2.05) is 0 Å². The van der Waals surface area contributed by atoms with Gasteiger partial charge in [0.05, 0.1) is 13.2 Å². The molecule has 0 spiro atoms.